The first-order chi connectivity index (χ1) is 17.0. The Morgan fingerprint density at radius 1 is 1.06 bits per heavy atom. The van der Waals surface area contributed by atoms with Crippen LogP contribution in [-0.4, -0.2) is 56.7 Å². The molecular formula is C23H25N7O4S. The van der Waals surface area contributed by atoms with Crippen molar-refractivity contribution in [2.75, 3.05) is 26.1 Å². The first-order valence-electron chi connectivity index (χ1n) is 10.9. The van der Waals surface area contributed by atoms with E-state index in [1.807, 2.05) is 31.2 Å². The van der Waals surface area contributed by atoms with Crippen molar-refractivity contribution in [3.05, 3.63) is 47.2 Å². The number of aromatic amines is 2. The number of carbonyl (C=O) groups is 1. The Kier molecular flexibility index (Phi) is 7.41. The van der Waals surface area contributed by atoms with Crippen LogP contribution < -0.4 is 19.5 Å². The minimum Gasteiger partial charge on any atom is -0.497 e. The average molecular weight is 496 g/mol. The molecule has 0 saturated heterocycles. The Hall–Kier alpha value is -4.19. The van der Waals surface area contributed by atoms with Crippen molar-refractivity contribution in [1.29, 1.82) is 0 Å². The monoisotopic (exact) mass is 495 g/mol. The Morgan fingerprint density at radius 2 is 1.83 bits per heavy atom. The molecule has 0 fully saturated rings. The van der Waals surface area contributed by atoms with E-state index in [1.165, 1.54) is 0 Å². The molecule has 0 aliphatic carbocycles. The highest BCUT2D eigenvalue weighted by molar-refractivity contribution is 7.71. The maximum absolute atomic E-state index is 12.6. The molecule has 11 nitrogen and oxygen atoms in total. The molecule has 0 unspecified atom stereocenters. The molecule has 3 N–H and O–H groups in total. The number of hydrogen-bond acceptors (Lipinski definition) is 8. The molecule has 0 aliphatic rings. The fourth-order valence-corrected chi connectivity index (χ4v) is 3.67. The van der Waals surface area contributed by atoms with Gasteiger partial charge in [-0.25, -0.2) is 0 Å². The minimum absolute atomic E-state index is 0.146. The van der Waals surface area contributed by atoms with Crippen LogP contribution in [0.2, 0.25) is 0 Å². The van der Waals surface area contributed by atoms with E-state index < -0.39 is 0 Å². The lowest BCUT2D eigenvalue weighted by Gasteiger charge is -2.08. The summed E-state index contributed by atoms with van der Waals surface area (Å²) in [7, 11) is 3.13. The SMILES string of the molecule is CCOc1ccc(-c2n[nH]c(=S)n2CCC(=O)Nc2n[nH]c(-c3ccc(OC)cc3OC)n2)cc1. The molecule has 2 aromatic carbocycles. The highest BCUT2D eigenvalue weighted by Crippen LogP contribution is 2.31. The van der Waals surface area contributed by atoms with E-state index in [0.29, 0.717) is 46.6 Å². The Balaban J connectivity index is 1.42. The van der Waals surface area contributed by atoms with E-state index in [0.717, 1.165) is 11.3 Å². The zero-order valence-electron chi connectivity index (χ0n) is 19.5. The molecule has 35 heavy (non-hydrogen) atoms. The van der Waals surface area contributed by atoms with Crippen molar-refractivity contribution in [2.45, 2.75) is 19.9 Å². The third-order valence-corrected chi connectivity index (χ3v) is 5.46. The maximum atomic E-state index is 12.6. The standard InChI is InChI=1S/C23H25N7O4S/c1-4-34-15-7-5-14(6-8-15)21-27-29-23(35)30(21)12-11-19(31)24-22-25-20(26-28-22)17-10-9-16(32-2)13-18(17)33-3/h5-10,13H,4,11-12H2,1-3H3,(H,29,35)(H2,24,25,26,28,31). The fourth-order valence-electron chi connectivity index (χ4n) is 3.45. The molecule has 182 valence electrons. The summed E-state index contributed by atoms with van der Waals surface area (Å²) in [6.07, 6.45) is 0.146. The molecule has 0 aliphatic heterocycles. The fraction of sp³-hybridized carbons (Fsp3) is 0.261. The minimum atomic E-state index is -0.266. The summed E-state index contributed by atoms with van der Waals surface area (Å²) in [4.78, 5) is 17.0. The smallest absolute Gasteiger partial charge is 0.249 e. The molecule has 12 heteroatoms. The molecule has 0 atom stereocenters. The predicted octanol–water partition coefficient (Wildman–Crippen LogP) is 3.84. The molecule has 0 bridgehead atoms. The number of aromatic nitrogens is 6. The summed E-state index contributed by atoms with van der Waals surface area (Å²) < 4.78 is 18.3. The number of rotatable bonds is 10. The van der Waals surface area contributed by atoms with E-state index in [9.17, 15) is 4.79 Å². The van der Waals surface area contributed by atoms with Gasteiger partial charge in [0.2, 0.25) is 11.9 Å². The van der Waals surface area contributed by atoms with Crippen LogP contribution in [0.5, 0.6) is 17.2 Å². The van der Waals surface area contributed by atoms with Crippen LogP contribution in [0.3, 0.4) is 0 Å². The molecule has 2 heterocycles. The van der Waals surface area contributed by atoms with Crippen molar-refractivity contribution in [3.8, 4) is 40.0 Å². The van der Waals surface area contributed by atoms with Gasteiger partial charge in [0, 0.05) is 24.6 Å². The van der Waals surface area contributed by atoms with Gasteiger partial charge in [0.25, 0.3) is 0 Å². The van der Waals surface area contributed by atoms with Gasteiger partial charge in [-0.05, 0) is 55.5 Å². The normalized spacial score (nSPS) is 10.7. The second-order valence-corrected chi connectivity index (χ2v) is 7.72. The van der Waals surface area contributed by atoms with Gasteiger partial charge < -0.3 is 14.2 Å². The summed E-state index contributed by atoms with van der Waals surface area (Å²) in [6.45, 7) is 2.85. The van der Waals surface area contributed by atoms with Crippen LogP contribution in [0.15, 0.2) is 42.5 Å². The lowest BCUT2D eigenvalue weighted by atomic mass is 10.2. The lowest BCUT2D eigenvalue weighted by Crippen LogP contribution is -2.16. The van der Waals surface area contributed by atoms with E-state index in [1.54, 1.807) is 37.0 Å². The van der Waals surface area contributed by atoms with Gasteiger partial charge in [0.15, 0.2) is 16.4 Å². The molecule has 4 rings (SSSR count). The summed E-state index contributed by atoms with van der Waals surface area (Å²) in [5, 5.41) is 16.7. The molecular weight excluding hydrogens is 470 g/mol. The van der Waals surface area contributed by atoms with Gasteiger partial charge in [-0.15, -0.1) is 5.10 Å². The largest absolute Gasteiger partial charge is 0.497 e. The van der Waals surface area contributed by atoms with Crippen LogP contribution in [0.4, 0.5) is 5.95 Å². The number of amides is 1. The number of ether oxygens (including phenoxy) is 3. The van der Waals surface area contributed by atoms with E-state index in [4.69, 9.17) is 26.4 Å². The zero-order chi connectivity index (χ0) is 24.8. The quantitative estimate of drug-likeness (QED) is 0.283. The molecule has 4 aromatic rings. The number of hydrogen-bond donors (Lipinski definition) is 3. The maximum Gasteiger partial charge on any atom is 0.249 e. The molecule has 1 amide bonds. The van der Waals surface area contributed by atoms with Gasteiger partial charge in [0.05, 0.1) is 26.4 Å². The number of nitrogens with one attached hydrogen (secondary N) is 3. The Labute approximate surface area is 206 Å². The number of methoxy groups -OCH3 is 2. The van der Waals surface area contributed by atoms with Crippen molar-refractivity contribution in [2.24, 2.45) is 0 Å². The highest BCUT2D eigenvalue weighted by atomic mass is 32.1. The second kappa shape index (κ2) is 10.8. The van der Waals surface area contributed by atoms with Gasteiger partial charge in [-0.3, -0.25) is 24.9 Å². The Bertz CT molecular complexity index is 1360. The van der Waals surface area contributed by atoms with Gasteiger partial charge in [-0.2, -0.15) is 10.1 Å². The van der Waals surface area contributed by atoms with Crippen LogP contribution >= 0.6 is 12.2 Å². The first-order valence-corrected chi connectivity index (χ1v) is 11.3. The number of nitrogens with zero attached hydrogens (tertiary/aromatic N) is 4. The predicted molar refractivity (Wildman–Crippen MR) is 132 cm³/mol. The van der Waals surface area contributed by atoms with Crippen LogP contribution in [0.1, 0.15) is 13.3 Å². The number of anilines is 1. The lowest BCUT2D eigenvalue weighted by molar-refractivity contribution is -0.116. The molecule has 2 aromatic heterocycles. The van der Waals surface area contributed by atoms with Crippen LogP contribution in [-0.2, 0) is 11.3 Å². The van der Waals surface area contributed by atoms with Crippen LogP contribution in [0.25, 0.3) is 22.8 Å². The zero-order valence-corrected chi connectivity index (χ0v) is 20.3. The second-order valence-electron chi connectivity index (χ2n) is 7.33. The van der Waals surface area contributed by atoms with Crippen molar-refractivity contribution in [1.82, 2.24) is 29.9 Å². The average Bonchev–Trinajstić information content (AvgIpc) is 3.49. The third-order valence-electron chi connectivity index (χ3n) is 5.14. The summed E-state index contributed by atoms with van der Waals surface area (Å²) in [5.41, 5.74) is 1.54. The summed E-state index contributed by atoms with van der Waals surface area (Å²) in [6, 6.07) is 12.9. The van der Waals surface area contributed by atoms with Gasteiger partial charge in [0.1, 0.15) is 17.2 Å². The Morgan fingerprint density at radius 3 is 2.54 bits per heavy atom. The molecule has 0 radical (unpaired) electrons. The van der Waals surface area contributed by atoms with Gasteiger partial charge in [-0.1, -0.05) is 0 Å². The highest BCUT2D eigenvalue weighted by Gasteiger charge is 2.15. The van der Waals surface area contributed by atoms with E-state index in [-0.39, 0.29) is 18.3 Å². The van der Waals surface area contributed by atoms with Gasteiger partial charge >= 0.3 is 0 Å². The molecule has 0 saturated carbocycles. The number of benzene rings is 2. The van der Waals surface area contributed by atoms with E-state index >= 15 is 0 Å². The van der Waals surface area contributed by atoms with Crippen molar-refractivity contribution < 1.29 is 19.0 Å². The van der Waals surface area contributed by atoms with Crippen LogP contribution in [0, 0.1) is 4.77 Å². The third kappa shape index (κ3) is 5.49. The van der Waals surface area contributed by atoms with Crippen molar-refractivity contribution >= 4 is 24.1 Å². The summed E-state index contributed by atoms with van der Waals surface area (Å²) in [5.74, 6) is 2.97. The summed E-state index contributed by atoms with van der Waals surface area (Å²) >= 11 is 5.36. The number of carbonyl (C=O) groups excluding carboxylic acids is 1. The topological polar surface area (TPSA) is 132 Å². The first kappa shape index (κ1) is 24.0. The van der Waals surface area contributed by atoms with E-state index in [2.05, 4.69) is 30.7 Å². The molecule has 0 spiro atoms. The number of H-pyrrole nitrogens is 2. The van der Waals surface area contributed by atoms with Crippen molar-refractivity contribution in [3.63, 3.8) is 0 Å².